The summed E-state index contributed by atoms with van der Waals surface area (Å²) in [6, 6.07) is 6.64. The van der Waals surface area contributed by atoms with Gasteiger partial charge in [-0.25, -0.2) is 0 Å². The number of aromatic nitrogens is 1. The average Bonchev–Trinajstić information content (AvgIpc) is 2.82. The number of hydrogen-bond donors (Lipinski definition) is 2. The summed E-state index contributed by atoms with van der Waals surface area (Å²) >= 11 is 10.1. The smallest absolute Gasteiger partial charge is 0.253 e. The predicted molar refractivity (Wildman–Crippen MR) is 66.4 cm³/mol. The van der Waals surface area contributed by atoms with Crippen LogP contribution in [0.5, 0.6) is 0 Å². The van der Waals surface area contributed by atoms with E-state index in [-0.39, 0.29) is 12.5 Å². The molecule has 0 saturated carbocycles. The number of amides is 1. The topological polar surface area (TPSA) is 55.1 Å². The summed E-state index contributed by atoms with van der Waals surface area (Å²) in [7, 11) is 0. The fourth-order valence-electron chi connectivity index (χ4n) is 1.28. The fraction of sp³-hybridized carbons (Fsp3) is 0.0909. The second-order valence-electron chi connectivity index (χ2n) is 3.33. The molecule has 1 amide bonds. The number of benzene rings is 1. The van der Waals surface area contributed by atoms with E-state index in [0.717, 1.165) is 0 Å². The molecule has 88 valence electrons. The first-order valence-electron chi connectivity index (χ1n) is 4.83. The fourth-order valence-corrected chi connectivity index (χ4v) is 1.69. The summed E-state index contributed by atoms with van der Waals surface area (Å²) in [6.07, 6.45) is 1.52. The van der Waals surface area contributed by atoms with Crippen molar-refractivity contribution in [2.24, 2.45) is 0 Å². The van der Waals surface area contributed by atoms with E-state index in [1.807, 2.05) is 0 Å². The molecule has 0 spiro atoms. The highest BCUT2D eigenvalue weighted by molar-refractivity contribution is 7.80. The number of nitrogens with zero attached hydrogens (tertiary/aromatic N) is 1. The third kappa shape index (κ3) is 3.01. The van der Waals surface area contributed by atoms with Crippen LogP contribution < -0.4 is 5.32 Å². The van der Waals surface area contributed by atoms with Crippen molar-refractivity contribution >= 4 is 30.1 Å². The van der Waals surface area contributed by atoms with Crippen LogP contribution in [0.15, 0.2) is 39.9 Å². The van der Waals surface area contributed by atoms with Gasteiger partial charge < -0.3 is 9.84 Å². The van der Waals surface area contributed by atoms with Crippen LogP contribution in [0.4, 0.5) is 0 Å². The lowest BCUT2D eigenvalue weighted by Crippen LogP contribution is -2.22. The van der Waals surface area contributed by atoms with Crippen molar-refractivity contribution in [3.63, 3.8) is 0 Å². The predicted octanol–water partition coefficient (Wildman–Crippen LogP) is 2.55. The molecule has 4 nitrogen and oxygen atoms in total. The lowest BCUT2D eigenvalue weighted by Gasteiger charge is -2.05. The first kappa shape index (κ1) is 12.0. The van der Waals surface area contributed by atoms with E-state index in [0.29, 0.717) is 21.2 Å². The van der Waals surface area contributed by atoms with Gasteiger partial charge in [0.2, 0.25) is 0 Å². The Bertz CT molecular complexity index is 528. The van der Waals surface area contributed by atoms with Crippen molar-refractivity contribution in [3.05, 3.63) is 46.8 Å². The molecule has 0 aliphatic rings. The molecule has 0 radical (unpaired) electrons. The molecule has 1 heterocycles. The maximum Gasteiger partial charge on any atom is 0.253 e. The molecule has 0 unspecified atom stereocenters. The highest BCUT2D eigenvalue weighted by Gasteiger charge is 2.10. The van der Waals surface area contributed by atoms with Gasteiger partial charge in [0.15, 0.2) is 5.76 Å². The Balaban J connectivity index is 2.07. The zero-order valence-electron chi connectivity index (χ0n) is 8.68. The maximum atomic E-state index is 11.8. The number of carbonyl (C=O) groups excluding carboxylic acids is 1. The normalized spacial score (nSPS) is 10.2. The highest BCUT2D eigenvalue weighted by Crippen LogP contribution is 2.19. The van der Waals surface area contributed by atoms with Crippen LogP contribution in [0.2, 0.25) is 5.02 Å². The maximum absolute atomic E-state index is 11.8. The Kier molecular flexibility index (Phi) is 3.71. The summed E-state index contributed by atoms with van der Waals surface area (Å²) < 4.78 is 4.86. The van der Waals surface area contributed by atoms with E-state index < -0.39 is 0 Å². The third-order valence-corrected chi connectivity index (χ3v) is 2.72. The van der Waals surface area contributed by atoms with Gasteiger partial charge in [0.25, 0.3) is 5.91 Å². The van der Waals surface area contributed by atoms with Crippen LogP contribution in [0, 0.1) is 0 Å². The van der Waals surface area contributed by atoms with Crippen molar-refractivity contribution < 1.29 is 9.32 Å². The van der Waals surface area contributed by atoms with Crippen molar-refractivity contribution in [1.29, 1.82) is 0 Å². The number of halogens is 1. The van der Waals surface area contributed by atoms with Gasteiger partial charge in [0, 0.05) is 11.0 Å². The number of nitrogens with one attached hydrogen (secondary N) is 1. The quantitative estimate of drug-likeness (QED) is 0.841. The number of hydrogen-bond acceptors (Lipinski definition) is 4. The first-order chi connectivity index (χ1) is 8.16. The van der Waals surface area contributed by atoms with Gasteiger partial charge in [-0.1, -0.05) is 16.8 Å². The van der Waals surface area contributed by atoms with E-state index in [2.05, 4.69) is 23.1 Å². The van der Waals surface area contributed by atoms with Crippen LogP contribution in [0.25, 0.3) is 0 Å². The summed E-state index contributed by atoms with van der Waals surface area (Å²) in [5, 5.41) is 6.61. The summed E-state index contributed by atoms with van der Waals surface area (Å²) in [5.74, 6) is 0.304. The number of rotatable bonds is 3. The lowest BCUT2D eigenvalue weighted by atomic mass is 10.2. The molecule has 0 atom stereocenters. The third-order valence-electron chi connectivity index (χ3n) is 2.11. The molecule has 6 heteroatoms. The molecule has 0 bridgehead atoms. The minimum atomic E-state index is -0.276. The molecule has 0 fully saturated rings. The Hall–Kier alpha value is -1.46. The molecule has 2 aromatic rings. The van der Waals surface area contributed by atoms with Gasteiger partial charge in [-0.15, -0.1) is 12.6 Å². The monoisotopic (exact) mass is 268 g/mol. The Labute approximate surface area is 108 Å². The zero-order chi connectivity index (χ0) is 12.3. The molecule has 1 aromatic carbocycles. The van der Waals surface area contributed by atoms with Gasteiger partial charge in [-0.2, -0.15) is 0 Å². The van der Waals surface area contributed by atoms with Gasteiger partial charge in [-0.05, 0) is 18.2 Å². The molecule has 1 N–H and O–H groups in total. The molecule has 0 aliphatic carbocycles. The highest BCUT2D eigenvalue weighted by atomic mass is 35.5. The number of carbonyl (C=O) groups is 1. The molecule has 0 aliphatic heterocycles. The Morgan fingerprint density at radius 1 is 1.47 bits per heavy atom. The van der Waals surface area contributed by atoms with Crippen molar-refractivity contribution in [2.75, 3.05) is 0 Å². The van der Waals surface area contributed by atoms with Gasteiger partial charge in [-0.3, -0.25) is 4.79 Å². The standard InChI is InChI=1S/C11H9ClN2O2S/c12-10-2-1-8(17)5-9(10)11(15)13-6-7-3-4-14-16-7/h1-5,17H,6H2,(H,13,15). The van der Waals surface area contributed by atoms with Crippen LogP contribution >= 0.6 is 24.2 Å². The Morgan fingerprint density at radius 2 is 2.29 bits per heavy atom. The van der Waals surface area contributed by atoms with Gasteiger partial charge in [0.1, 0.15) is 0 Å². The largest absolute Gasteiger partial charge is 0.360 e. The molecule has 17 heavy (non-hydrogen) atoms. The lowest BCUT2D eigenvalue weighted by molar-refractivity contribution is 0.0947. The number of thiol groups is 1. The summed E-state index contributed by atoms with van der Waals surface area (Å²) in [6.45, 7) is 0.270. The molecule has 1 aromatic heterocycles. The van der Waals surface area contributed by atoms with Crippen LogP contribution in [0.1, 0.15) is 16.1 Å². The molecular formula is C11H9ClN2O2S. The van der Waals surface area contributed by atoms with Crippen molar-refractivity contribution in [2.45, 2.75) is 11.4 Å². The van der Waals surface area contributed by atoms with Crippen molar-refractivity contribution in [3.8, 4) is 0 Å². The average molecular weight is 269 g/mol. The van der Waals surface area contributed by atoms with Gasteiger partial charge in [0.05, 0.1) is 23.3 Å². The van der Waals surface area contributed by atoms with Gasteiger partial charge >= 0.3 is 0 Å². The molecule has 0 saturated heterocycles. The van der Waals surface area contributed by atoms with E-state index in [4.69, 9.17) is 16.1 Å². The van der Waals surface area contributed by atoms with E-state index >= 15 is 0 Å². The van der Waals surface area contributed by atoms with E-state index in [9.17, 15) is 4.79 Å². The minimum absolute atomic E-state index is 0.270. The second-order valence-corrected chi connectivity index (χ2v) is 4.25. The molecular weight excluding hydrogens is 260 g/mol. The SMILES string of the molecule is O=C(NCc1ccno1)c1cc(S)ccc1Cl. The van der Waals surface area contributed by atoms with Crippen LogP contribution in [-0.4, -0.2) is 11.1 Å². The van der Waals surface area contributed by atoms with E-state index in [1.165, 1.54) is 6.20 Å². The summed E-state index contributed by atoms with van der Waals surface area (Å²) in [5.41, 5.74) is 0.388. The first-order valence-corrected chi connectivity index (χ1v) is 5.65. The Morgan fingerprint density at radius 3 is 3.00 bits per heavy atom. The zero-order valence-corrected chi connectivity index (χ0v) is 10.3. The second kappa shape index (κ2) is 5.25. The van der Waals surface area contributed by atoms with Crippen molar-refractivity contribution in [1.82, 2.24) is 10.5 Å². The van der Waals surface area contributed by atoms with Crippen LogP contribution in [0.3, 0.4) is 0 Å². The summed E-state index contributed by atoms with van der Waals surface area (Å²) in [4.78, 5) is 12.5. The van der Waals surface area contributed by atoms with Crippen LogP contribution in [-0.2, 0) is 6.54 Å². The molecule has 2 rings (SSSR count). The van der Waals surface area contributed by atoms with E-state index in [1.54, 1.807) is 24.3 Å². The minimum Gasteiger partial charge on any atom is -0.360 e.